The number of halogens is 1. The van der Waals surface area contributed by atoms with Crippen molar-refractivity contribution in [1.82, 2.24) is 9.80 Å². The van der Waals surface area contributed by atoms with E-state index in [0.29, 0.717) is 35.0 Å². The molecule has 17 heteroatoms. The summed E-state index contributed by atoms with van der Waals surface area (Å²) < 4.78 is 51.4. The number of nitrogens with two attached hydrogens (primary N) is 2. The Balaban J connectivity index is 0.860. The maximum atomic E-state index is 15.4. The van der Waals surface area contributed by atoms with Gasteiger partial charge < -0.3 is 15.5 Å². The monoisotopic (exact) mass is 862 g/mol. The molecule has 6 aliphatic rings. The number of hydrogen-bond acceptors (Lipinski definition) is 8. The average Bonchev–Trinajstić information content (AvgIpc) is 4.01. The van der Waals surface area contributed by atoms with Crippen LogP contribution in [-0.2, 0) is 84.3 Å². The molecule has 4 heterocycles. The molecule has 0 saturated heterocycles. The summed E-state index contributed by atoms with van der Waals surface area (Å²) in [5, 5.41) is 20.5. The number of amides is 4. The minimum absolute atomic E-state index is 0.0996. The molecule has 2 aromatic heterocycles. The molecule has 4 amide bonds. The van der Waals surface area contributed by atoms with Gasteiger partial charge in [0.05, 0.1) is 0 Å². The number of carbonyl (C=O) groups excluding carboxylic acids is 2. The van der Waals surface area contributed by atoms with Crippen LogP contribution in [0.1, 0.15) is 104 Å². The van der Waals surface area contributed by atoms with Crippen LogP contribution < -0.4 is 20.9 Å². The quantitative estimate of drug-likeness (QED) is 0.156. The number of thiophene rings is 2. The number of carbonyl (C=O) groups is 2. The Hall–Kier alpha value is -3.55. The largest absolute Gasteiger partial charge is 0.354 e. The zero-order valence-corrected chi connectivity index (χ0v) is 35.8. The standard InChI is InChI=1S/C41H47FN8O4S4/c1-21-34-26(20-55-38(34)57(43,53)47-40(51)45-36-27-9-3-6-22(27)14-23-7-4-10-28(23)36)18-50(21)17-25-16-31-30(25)15-24-8-5-11-29(24)37(31)46-41(52)48-58(44,54)39-35(42)32-19-49(2)13-12-33(32)56-39/h14-15,20-21,25H,3-13,16-19H2,1-2H3,(H3,43,45,47,51,53)(H3,44,46,48,52,54). The second kappa shape index (κ2) is 14.3. The Morgan fingerprint density at radius 3 is 2.03 bits per heavy atom. The Bertz CT molecular complexity index is 2690. The predicted molar refractivity (Wildman–Crippen MR) is 227 cm³/mol. The normalized spacial score (nSPS) is 22.4. The van der Waals surface area contributed by atoms with E-state index in [-0.39, 0.29) is 16.2 Å². The molecule has 4 aliphatic carbocycles. The van der Waals surface area contributed by atoms with Crippen molar-refractivity contribution in [2.75, 3.05) is 30.8 Å². The third-order valence-electron chi connectivity index (χ3n) is 13.2. The first-order valence-electron chi connectivity index (χ1n) is 20.1. The molecule has 2 aromatic carbocycles. The van der Waals surface area contributed by atoms with E-state index >= 15 is 4.39 Å². The summed E-state index contributed by atoms with van der Waals surface area (Å²) in [7, 11) is -5.43. The molecule has 10 rings (SSSR count). The SMILES string of the molecule is CC1c2c(csc2S(N)(=O)=NC(=O)Nc2c3c(cc4c2CCC4)CCC3)CN1CC1Cc2c1cc1c(c2NC(=O)N=S(N)(=O)c2sc3c(c2F)CN(C)CC3)CCC1. The fraction of sp³-hybridized carbons (Fsp3) is 0.463. The lowest BCUT2D eigenvalue weighted by Crippen LogP contribution is -2.33. The molecule has 0 saturated carbocycles. The van der Waals surface area contributed by atoms with Crippen molar-refractivity contribution >= 4 is 65.9 Å². The van der Waals surface area contributed by atoms with Crippen LogP contribution in [0.5, 0.6) is 0 Å². The highest BCUT2D eigenvalue weighted by Crippen LogP contribution is 2.49. The molecule has 2 aliphatic heterocycles. The van der Waals surface area contributed by atoms with Crippen LogP contribution >= 0.6 is 22.7 Å². The maximum absolute atomic E-state index is 15.4. The zero-order valence-electron chi connectivity index (χ0n) is 32.6. The van der Waals surface area contributed by atoms with Gasteiger partial charge in [-0.3, -0.25) is 4.90 Å². The Labute approximate surface area is 346 Å². The summed E-state index contributed by atoms with van der Waals surface area (Å²) in [6.07, 6.45) is 9.96. The number of nitrogens with zero attached hydrogens (tertiary/aromatic N) is 4. The molecule has 4 atom stereocenters. The Morgan fingerprint density at radius 2 is 1.40 bits per heavy atom. The summed E-state index contributed by atoms with van der Waals surface area (Å²) in [6, 6.07) is 2.96. The van der Waals surface area contributed by atoms with Crippen LogP contribution in [0, 0.1) is 5.82 Å². The van der Waals surface area contributed by atoms with E-state index in [1.165, 1.54) is 39.2 Å². The summed E-state index contributed by atoms with van der Waals surface area (Å²) in [6.45, 7) is 4.62. The number of aryl methyl sites for hydroxylation is 3. The summed E-state index contributed by atoms with van der Waals surface area (Å²) in [5.41, 5.74) is 13.4. The van der Waals surface area contributed by atoms with Gasteiger partial charge in [0, 0.05) is 65.5 Å². The molecule has 58 heavy (non-hydrogen) atoms. The first-order valence-corrected chi connectivity index (χ1v) is 25.0. The lowest BCUT2D eigenvalue weighted by molar-refractivity contribution is 0.206. The smallest absolute Gasteiger partial charge is 0.305 e. The van der Waals surface area contributed by atoms with E-state index in [4.69, 9.17) is 10.3 Å². The Kier molecular flexibility index (Phi) is 9.52. The van der Waals surface area contributed by atoms with Crippen molar-refractivity contribution in [2.24, 2.45) is 19.0 Å². The van der Waals surface area contributed by atoms with Gasteiger partial charge in [-0.25, -0.2) is 32.7 Å². The predicted octanol–water partition coefficient (Wildman–Crippen LogP) is 7.48. The molecule has 6 N–H and O–H groups in total. The average molecular weight is 863 g/mol. The van der Waals surface area contributed by atoms with Gasteiger partial charge in [-0.05, 0) is 140 Å². The minimum atomic E-state index is -3.81. The number of fused-ring (bicyclic) bond motifs is 6. The van der Waals surface area contributed by atoms with Gasteiger partial charge in [-0.2, -0.15) is 0 Å². The molecule has 4 unspecified atom stereocenters. The van der Waals surface area contributed by atoms with Crippen molar-refractivity contribution in [3.63, 3.8) is 0 Å². The third kappa shape index (κ3) is 6.47. The zero-order chi connectivity index (χ0) is 40.2. The summed E-state index contributed by atoms with van der Waals surface area (Å²) >= 11 is 2.36. The van der Waals surface area contributed by atoms with E-state index in [0.717, 1.165) is 127 Å². The molecular formula is C41H47FN8O4S4. The lowest BCUT2D eigenvalue weighted by Gasteiger charge is -2.37. The first kappa shape index (κ1) is 38.6. The van der Waals surface area contributed by atoms with Crippen molar-refractivity contribution in [2.45, 2.75) is 111 Å². The molecule has 0 bridgehead atoms. The molecule has 306 valence electrons. The van der Waals surface area contributed by atoms with Crippen LogP contribution in [-0.4, -0.2) is 50.4 Å². The van der Waals surface area contributed by atoms with Crippen LogP contribution in [0.4, 0.5) is 25.4 Å². The summed E-state index contributed by atoms with van der Waals surface area (Å²) in [4.78, 5) is 32.0. The van der Waals surface area contributed by atoms with Gasteiger partial charge in [0.25, 0.3) is 0 Å². The second-order valence-electron chi connectivity index (χ2n) is 16.8. The minimum Gasteiger partial charge on any atom is -0.305 e. The highest BCUT2D eigenvalue weighted by molar-refractivity contribution is 7.94. The van der Waals surface area contributed by atoms with E-state index in [9.17, 15) is 18.0 Å². The second-order valence-corrected chi connectivity index (χ2v) is 22.7. The molecule has 4 aromatic rings. The highest BCUT2D eigenvalue weighted by atomic mass is 32.2. The molecule has 0 spiro atoms. The molecule has 12 nitrogen and oxygen atoms in total. The van der Waals surface area contributed by atoms with Gasteiger partial charge in [0.2, 0.25) is 0 Å². The van der Waals surface area contributed by atoms with E-state index in [1.54, 1.807) is 0 Å². The fourth-order valence-corrected chi connectivity index (χ4v) is 15.6. The Morgan fingerprint density at radius 1 is 0.810 bits per heavy atom. The number of hydrogen-bond donors (Lipinski definition) is 4. The van der Waals surface area contributed by atoms with Crippen LogP contribution in [0.15, 0.2) is 34.7 Å². The number of benzene rings is 2. The van der Waals surface area contributed by atoms with Gasteiger partial charge in [-0.1, -0.05) is 12.1 Å². The van der Waals surface area contributed by atoms with E-state index in [2.05, 4.69) is 43.3 Å². The van der Waals surface area contributed by atoms with Gasteiger partial charge in [-0.15, -0.1) is 31.4 Å². The van der Waals surface area contributed by atoms with Gasteiger partial charge >= 0.3 is 12.1 Å². The van der Waals surface area contributed by atoms with Crippen molar-refractivity contribution < 1.29 is 22.4 Å². The number of nitrogens with one attached hydrogen (secondary N) is 2. The summed E-state index contributed by atoms with van der Waals surface area (Å²) in [5.74, 6) is -0.440. The molecule has 0 fully saturated rings. The number of anilines is 2. The number of urea groups is 2. The highest BCUT2D eigenvalue weighted by Gasteiger charge is 2.40. The number of rotatable bonds is 6. The maximum Gasteiger partial charge on any atom is 0.354 e. The molecule has 0 radical (unpaired) electrons. The third-order valence-corrected chi connectivity index (χ3v) is 19.4. The van der Waals surface area contributed by atoms with Crippen molar-refractivity contribution in [1.29, 1.82) is 0 Å². The van der Waals surface area contributed by atoms with E-state index < -0.39 is 37.7 Å². The van der Waals surface area contributed by atoms with Crippen LogP contribution in [0.3, 0.4) is 0 Å². The topological polar surface area (TPSA) is 176 Å². The number of likely N-dealkylation sites (N-methyl/N-ethyl adjacent to an activating group) is 1. The van der Waals surface area contributed by atoms with E-state index in [1.807, 2.05) is 17.3 Å². The first-order chi connectivity index (χ1) is 27.8. The van der Waals surface area contributed by atoms with Gasteiger partial charge in [0.15, 0.2) is 29.9 Å². The van der Waals surface area contributed by atoms with Crippen molar-refractivity contribution in [3.05, 3.63) is 89.4 Å². The lowest BCUT2D eigenvalue weighted by atomic mass is 9.74. The van der Waals surface area contributed by atoms with Crippen LogP contribution in [0.2, 0.25) is 0 Å². The van der Waals surface area contributed by atoms with Crippen molar-refractivity contribution in [3.8, 4) is 0 Å². The van der Waals surface area contributed by atoms with Gasteiger partial charge in [0.1, 0.15) is 4.21 Å². The van der Waals surface area contributed by atoms with Crippen LogP contribution in [0.25, 0.3) is 0 Å². The fourth-order valence-electron chi connectivity index (χ4n) is 10.4. The molecular weight excluding hydrogens is 816 g/mol.